The van der Waals surface area contributed by atoms with Gasteiger partial charge in [0.2, 0.25) is 0 Å². The Morgan fingerprint density at radius 1 is 1.36 bits per heavy atom. The van der Waals surface area contributed by atoms with Crippen molar-refractivity contribution in [3.05, 3.63) is 0 Å². The highest BCUT2D eigenvalue weighted by Crippen LogP contribution is 2.37. The standard InChI is InChI=1S/C8H14N2O/c11-9-6-8-2-1-4-10(7-8)5-3-8/h6,11H,1-5,7H2. The van der Waals surface area contributed by atoms with Crippen LogP contribution in [-0.4, -0.2) is 36.0 Å². The average Bonchev–Trinajstić information content (AvgIpc) is 2.28. The van der Waals surface area contributed by atoms with Crippen LogP contribution < -0.4 is 0 Å². The van der Waals surface area contributed by atoms with Gasteiger partial charge in [-0.2, -0.15) is 0 Å². The van der Waals surface area contributed by atoms with Gasteiger partial charge in [0.25, 0.3) is 0 Å². The molecule has 0 aromatic carbocycles. The van der Waals surface area contributed by atoms with Crippen LogP contribution in [0.4, 0.5) is 0 Å². The highest BCUT2D eigenvalue weighted by molar-refractivity contribution is 5.66. The maximum atomic E-state index is 8.48. The monoisotopic (exact) mass is 154 g/mol. The van der Waals surface area contributed by atoms with E-state index in [1.807, 2.05) is 0 Å². The van der Waals surface area contributed by atoms with Crippen LogP contribution in [0.5, 0.6) is 0 Å². The third kappa shape index (κ3) is 1.13. The van der Waals surface area contributed by atoms with Crippen LogP contribution >= 0.6 is 0 Å². The van der Waals surface area contributed by atoms with E-state index < -0.39 is 0 Å². The number of hydrogen-bond acceptors (Lipinski definition) is 3. The summed E-state index contributed by atoms with van der Waals surface area (Å²) < 4.78 is 0. The van der Waals surface area contributed by atoms with Gasteiger partial charge >= 0.3 is 0 Å². The van der Waals surface area contributed by atoms with Crippen LogP contribution in [-0.2, 0) is 0 Å². The second kappa shape index (κ2) is 2.48. The van der Waals surface area contributed by atoms with Gasteiger partial charge in [-0.25, -0.2) is 0 Å². The highest BCUT2D eigenvalue weighted by Gasteiger charge is 2.39. The molecule has 0 aromatic heterocycles. The zero-order chi connectivity index (χ0) is 7.73. The molecule has 11 heavy (non-hydrogen) atoms. The van der Waals surface area contributed by atoms with Crippen LogP contribution in [0.25, 0.3) is 0 Å². The maximum Gasteiger partial charge on any atom is 0.0511 e. The number of hydrogen-bond donors (Lipinski definition) is 1. The molecule has 0 aromatic rings. The summed E-state index contributed by atoms with van der Waals surface area (Å²) in [6.07, 6.45) is 5.38. The fourth-order valence-electron chi connectivity index (χ4n) is 2.33. The summed E-state index contributed by atoms with van der Waals surface area (Å²) >= 11 is 0. The molecule has 0 radical (unpaired) electrons. The van der Waals surface area contributed by atoms with Crippen molar-refractivity contribution in [2.24, 2.45) is 10.6 Å². The van der Waals surface area contributed by atoms with Gasteiger partial charge in [0.1, 0.15) is 0 Å². The predicted molar refractivity (Wildman–Crippen MR) is 43.0 cm³/mol. The molecule has 0 saturated carbocycles. The fraction of sp³-hybridized carbons (Fsp3) is 0.875. The van der Waals surface area contributed by atoms with Gasteiger partial charge in [-0.05, 0) is 32.4 Å². The summed E-state index contributed by atoms with van der Waals surface area (Å²) in [5.41, 5.74) is 0.229. The lowest BCUT2D eigenvalue weighted by Crippen LogP contribution is -2.34. The molecule has 62 valence electrons. The lowest BCUT2D eigenvalue weighted by molar-refractivity contribution is 0.235. The molecule has 3 heteroatoms. The number of piperidine rings is 1. The van der Waals surface area contributed by atoms with E-state index in [1.165, 1.54) is 32.4 Å². The van der Waals surface area contributed by atoms with Gasteiger partial charge in [0.05, 0.1) is 6.21 Å². The Bertz CT molecular complexity index is 177. The molecular weight excluding hydrogens is 140 g/mol. The molecule has 2 fully saturated rings. The minimum Gasteiger partial charge on any atom is -0.411 e. The molecule has 2 heterocycles. The van der Waals surface area contributed by atoms with Crippen molar-refractivity contribution in [3.63, 3.8) is 0 Å². The minimum absolute atomic E-state index is 0.229. The lowest BCUT2D eigenvalue weighted by atomic mass is 9.82. The summed E-state index contributed by atoms with van der Waals surface area (Å²) in [6.45, 7) is 3.53. The summed E-state index contributed by atoms with van der Waals surface area (Å²) in [7, 11) is 0. The molecule has 2 saturated heterocycles. The SMILES string of the molecule is ON=CC12CCCN(CC1)C2. The van der Waals surface area contributed by atoms with E-state index in [1.54, 1.807) is 6.21 Å². The first-order valence-corrected chi connectivity index (χ1v) is 4.26. The van der Waals surface area contributed by atoms with Crippen LogP contribution in [0, 0.1) is 5.41 Å². The predicted octanol–water partition coefficient (Wildman–Crippen LogP) is 0.932. The summed E-state index contributed by atoms with van der Waals surface area (Å²) in [6, 6.07) is 0. The third-order valence-electron chi connectivity index (χ3n) is 2.95. The van der Waals surface area contributed by atoms with Gasteiger partial charge in [-0.1, -0.05) is 0 Å². The molecular formula is C8H14N2O. The quantitative estimate of drug-likeness (QED) is 0.346. The molecule has 0 aliphatic carbocycles. The van der Waals surface area contributed by atoms with Crippen molar-refractivity contribution in [2.75, 3.05) is 19.6 Å². The first-order valence-electron chi connectivity index (χ1n) is 4.26. The summed E-state index contributed by atoms with van der Waals surface area (Å²) in [5.74, 6) is 0. The van der Waals surface area contributed by atoms with Gasteiger partial charge in [0.15, 0.2) is 0 Å². The van der Waals surface area contributed by atoms with Gasteiger partial charge < -0.3 is 10.1 Å². The van der Waals surface area contributed by atoms with Crippen LogP contribution in [0.2, 0.25) is 0 Å². The summed E-state index contributed by atoms with van der Waals surface area (Å²) in [4.78, 5) is 2.45. The molecule has 2 unspecified atom stereocenters. The third-order valence-corrected chi connectivity index (χ3v) is 2.95. The Kier molecular flexibility index (Phi) is 1.60. The number of oxime groups is 1. The van der Waals surface area contributed by atoms with E-state index in [0.717, 1.165) is 6.54 Å². The Labute approximate surface area is 66.7 Å². The highest BCUT2D eigenvalue weighted by atomic mass is 16.4. The Morgan fingerprint density at radius 3 is 3.09 bits per heavy atom. The molecule has 0 amide bonds. The first kappa shape index (κ1) is 7.10. The molecule has 0 spiro atoms. The minimum atomic E-state index is 0.229. The van der Waals surface area contributed by atoms with E-state index in [-0.39, 0.29) is 5.41 Å². The molecule has 2 rings (SSSR count). The Hall–Kier alpha value is -0.570. The van der Waals surface area contributed by atoms with Gasteiger partial charge in [-0.15, -0.1) is 5.16 Å². The number of fused-ring (bicyclic) bond motifs is 2. The molecule has 3 nitrogen and oxygen atoms in total. The number of rotatable bonds is 1. The lowest BCUT2D eigenvalue weighted by Gasteiger charge is -2.29. The van der Waals surface area contributed by atoms with Crippen molar-refractivity contribution in [2.45, 2.75) is 19.3 Å². The van der Waals surface area contributed by atoms with E-state index in [9.17, 15) is 0 Å². The van der Waals surface area contributed by atoms with E-state index in [2.05, 4.69) is 10.1 Å². The van der Waals surface area contributed by atoms with Crippen molar-refractivity contribution in [1.82, 2.24) is 4.90 Å². The largest absolute Gasteiger partial charge is 0.411 e. The molecule has 2 aliphatic rings. The van der Waals surface area contributed by atoms with Crippen molar-refractivity contribution < 1.29 is 5.21 Å². The van der Waals surface area contributed by atoms with Crippen molar-refractivity contribution >= 4 is 6.21 Å². The second-order valence-electron chi connectivity index (χ2n) is 3.74. The smallest absolute Gasteiger partial charge is 0.0511 e. The molecule has 1 N–H and O–H groups in total. The maximum absolute atomic E-state index is 8.48. The average molecular weight is 154 g/mol. The topological polar surface area (TPSA) is 35.8 Å². The Balaban J connectivity index is 2.13. The van der Waals surface area contributed by atoms with Gasteiger partial charge in [-0.3, -0.25) is 0 Å². The number of nitrogens with zero attached hydrogens (tertiary/aromatic N) is 2. The van der Waals surface area contributed by atoms with Crippen LogP contribution in [0.15, 0.2) is 5.16 Å². The molecule has 2 aliphatic heterocycles. The molecule has 2 atom stereocenters. The zero-order valence-electron chi connectivity index (χ0n) is 6.66. The van der Waals surface area contributed by atoms with E-state index in [0.29, 0.717) is 0 Å². The first-order chi connectivity index (χ1) is 5.35. The Morgan fingerprint density at radius 2 is 2.27 bits per heavy atom. The van der Waals surface area contributed by atoms with Crippen molar-refractivity contribution in [3.8, 4) is 0 Å². The summed E-state index contributed by atoms with van der Waals surface area (Å²) in [5, 5.41) is 11.7. The molecule has 2 bridgehead atoms. The van der Waals surface area contributed by atoms with Crippen molar-refractivity contribution in [1.29, 1.82) is 0 Å². The van der Waals surface area contributed by atoms with Crippen LogP contribution in [0.3, 0.4) is 0 Å². The van der Waals surface area contributed by atoms with Crippen LogP contribution in [0.1, 0.15) is 19.3 Å². The van der Waals surface area contributed by atoms with Gasteiger partial charge in [0, 0.05) is 12.0 Å². The van der Waals surface area contributed by atoms with E-state index >= 15 is 0 Å². The second-order valence-corrected chi connectivity index (χ2v) is 3.74. The van der Waals surface area contributed by atoms with E-state index in [4.69, 9.17) is 5.21 Å². The normalized spacial score (nSPS) is 43.5. The fourth-order valence-corrected chi connectivity index (χ4v) is 2.33. The zero-order valence-corrected chi connectivity index (χ0v) is 6.66.